The second kappa shape index (κ2) is 7.49. The van der Waals surface area contributed by atoms with Crippen LogP contribution in [0.3, 0.4) is 0 Å². The maximum atomic E-state index is 11.4. The number of carboxylic acids is 1. The Labute approximate surface area is 176 Å². The molecule has 0 saturated heterocycles. The summed E-state index contributed by atoms with van der Waals surface area (Å²) in [4.78, 5) is 20.0. The molecular formula is C23H17N3O5. The Kier molecular flexibility index (Phi) is 4.51. The largest absolute Gasteiger partial charge is 0.479 e. The molecule has 1 atom stereocenters. The number of imidazole rings is 1. The molecular weight excluding hydrogens is 398 g/mol. The number of hydrogen-bond acceptors (Lipinski definition) is 6. The molecule has 4 heterocycles. The minimum Gasteiger partial charge on any atom is -0.479 e. The number of nitrogens with zero attached hydrogens (tertiary/aromatic N) is 3. The first-order valence-electron chi connectivity index (χ1n) is 9.56. The molecule has 0 spiro atoms. The van der Waals surface area contributed by atoms with E-state index in [0.717, 1.165) is 16.7 Å². The number of carbonyl (C=O) groups is 1. The highest BCUT2D eigenvalue weighted by Gasteiger charge is 2.19. The molecule has 0 aliphatic carbocycles. The maximum absolute atomic E-state index is 11.4. The molecule has 8 heteroatoms. The van der Waals surface area contributed by atoms with Crippen molar-refractivity contribution in [3.8, 4) is 28.6 Å². The standard InChI is InChI=1S/C23H17N3O5/c1-14(23(27)28)30-20-13-15(31-22-17-8-12-29-19(17)7-9-25-22)5-6-16(20)18-3-2-4-21-24-10-11-26(18)21/h2-14H,1H3,(H,27,28). The third-order valence-corrected chi connectivity index (χ3v) is 4.87. The van der Waals surface area contributed by atoms with Gasteiger partial charge in [0.1, 0.15) is 22.7 Å². The number of fused-ring (bicyclic) bond motifs is 2. The van der Waals surface area contributed by atoms with Crippen LogP contribution in [0.5, 0.6) is 17.4 Å². The van der Waals surface area contributed by atoms with Crippen LogP contribution in [0, 0.1) is 0 Å². The second-order valence-corrected chi connectivity index (χ2v) is 6.87. The zero-order valence-electron chi connectivity index (χ0n) is 16.4. The van der Waals surface area contributed by atoms with E-state index in [4.69, 9.17) is 13.9 Å². The molecule has 1 aromatic carbocycles. The van der Waals surface area contributed by atoms with Crippen LogP contribution in [0.15, 0.2) is 77.8 Å². The number of ether oxygens (including phenoxy) is 2. The van der Waals surface area contributed by atoms with Crippen molar-refractivity contribution in [1.29, 1.82) is 0 Å². The molecule has 0 saturated carbocycles. The first-order chi connectivity index (χ1) is 15.1. The fourth-order valence-corrected chi connectivity index (χ4v) is 3.35. The van der Waals surface area contributed by atoms with Gasteiger partial charge in [-0.15, -0.1) is 0 Å². The molecule has 0 aliphatic rings. The molecule has 31 heavy (non-hydrogen) atoms. The molecule has 0 bridgehead atoms. The number of rotatable bonds is 6. The number of hydrogen-bond donors (Lipinski definition) is 1. The van der Waals surface area contributed by atoms with E-state index >= 15 is 0 Å². The van der Waals surface area contributed by atoms with Crippen molar-refractivity contribution in [3.05, 3.63) is 73.4 Å². The molecule has 4 aromatic heterocycles. The van der Waals surface area contributed by atoms with E-state index in [2.05, 4.69) is 9.97 Å². The fraction of sp³-hybridized carbons (Fsp3) is 0.0870. The summed E-state index contributed by atoms with van der Waals surface area (Å²) in [6, 6.07) is 14.5. The van der Waals surface area contributed by atoms with Gasteiger partial charge in [0.15, 0.2) is 6.10 Å². The summed E-state index contributed by atoms with van der Waals surface area (Å²) >= 11 is 0. The predicted molar refractivity (Wildman–Crippen MR) is 112 cm³/mol. The predicted octanol–water partition coefficient (Wildman–Crippen LogP) is 4.79. The molecule has 1 N–H and O–H groups in total. The van der Waals surface area contributed by atoms with Crippen LogP contribution in [-0.4, -0.2) is 31.5 Å². The van der Waals surface area contributed by atoms with Crippen LogP contribution in [-0.2, 0) is 4.79 Å². The van der Waals surface area contributed by atoms with Gasteiger partial charge in [0.05, 0.1) is 17.3 Å². The molecule has 0 fully saturated rings. The van der Waals surface area contributed by atoms with E-state index in [-0.39, 0.29) is 0 Å². The molecule has 0 amide bonds. The fourth-order valence-electron chi connectivity index (χ4n) is 3.35. The van der Waals surface area contributed by atoms with Gasteiger partial charge in [-0.1, -0.05) is 6.07 Å². The van der Waals surface area contributed by atoms with Gasteiger partial charge in [-0.25, -0.2) is 14.8 Å². The molecule has 154 valence electrons. The van der Waals surface area contributed by atoms with Gasteiger partial charge >= 0.3 is 5.97 Å². The SMILES string of the molecule is CC(Oc1cc(Oc2nccc3occc23)ccc1-c1cccc2nccn12)C(=O)O. The van der Waals surface area contributed by atoms with Gasteiger partial charge in [0.25, 0.3) is 0 Å². The number of furan rings is 1. The van der Waals surface area contributed by atoms with Crippen LogP contribution in [0.25, 0.3) is 27.9 Å². The first kappa shape index (κ1) is 18.7. The lowest BCUT2D eigenvalue weighted by Gasteiger charge is -2.17. The molecule has 5 rings (SSSR count). The maximum Gasteiger partial charge on any atom is 0.344 e. The van der Waals surface area contributed by atoms with Crippen LogP contribution >= 0.6 is 0 Å². The quantitative estimate of drug-likeness (QED) is 0.426. The number of pyridine rings is 2. The van der Waals surface area contributed by atoms with Crippen molar-refractivity contribution >= 4 is 22.6 Å². The Hall–Kier alpha value is -4.33. The van der Waals surface area contributed by atoms with Gasteiger partial charge in [-0.05, 0) is 43.3 Å². The Morgan fingerprint density at radius 1 is 1.13 bits per heavy atom. The smallest absolute Gasteiger partial charge is 0.344 e. The minimum absolute atomic E-state index is 0.368. The molecule has 8 nitrogen and oxygen atoms in total. The Morgan fingerprint density at radius 2 is 2.03 bits per heavy atom. The summed E-state index contributed by atoms with van der Waals surface area (Å²) in [5.41, 5.74) is 2.94. The third kappa shape index (κ3) is 3.44. The first-order valence-corrected chi connectivity index (χ1v) is 9.56. The number of aromatic nitrogens is 3. The number of carboxylic acid groups (broad SMARTS) is 1. The molecule has 1 unspecified atom stereocenters. The van der Waals surface area contributed by atoms with Crippen LogP contribution in [0.4, 0.5) is 0 Å². The summed E-state index contributed by atoms with van der Waals surface area (Å²) in [5, 5.41) is 10.1. The lowest BCUT2D eigenvalue weighted by atomic mass is 10.1. The lowest BCUT2D eigenvalue weighted by Crippen LogP contribution is -2.23. The monoisotopic (exact) mass is 415 g/mol. The molecule has 5 aromatic rings. The van der Waals surface area contributed by atoms with E-state index in [1.807, 2.05) is 34.9 Å². The third-order valence-electron chi connectivity index (χ3n) is 4.87. The minimum atomic E-state index is -1.07. The number of aliphatic carboxylic acids is 1. The van der Waals surface area contributed by atoms with Gasteiger partial charge < -0.3 is 19.0 Å². The lowest BCUT2D eigenvalue weighted by molar-refractivity contribution is -0.144. The summed E-state index contributed by atoms with van der Waals surface area (Å²) in [6.45, 7) is 1.48. The summed E-state index contributed by atoms with van der Waals surface area (Å²) < 4.78 is 19.1. The van der Waals surface area contributed by atoms with Gasteiger partial charge in [0.2, 0.25) is 5.88 Å². The van der Waals surface area contributed by atoms with Crippen LogP contribution < -0.4 is 9.47 Å². The molecule has 0 aliphatic heterocycles. The average Bonchev–Trinajstić information content (AvgIpc) is 3.44. The Morgan fingerprint density at radius 3 is 2.90 bits per heavy atom. The zero-order valence-corrected chi connectivity index (χ0v) is 16.4. The van der Waals surface area contributed by atoms with Crippen molar-refractivity contribution in [1.82, 2.24) is 14.4 Å². The van der Waals surface area contributed by atoms with Crippen molar-refractivity contribution in [2.45, 2.75) is 13.0 Å². The highest BCUT2D eigenvalue weighted by Crippen LogP contribution is 2.37. The van der Waals surface area contributed by atoms with E-state index in [1.165, 1.54) is 6.92 Å². The van der Waals surface area contributed by atoms with Crippen molar-refractivity contribution in [2.24, 2.45) is 0 Å². The zero-order chi connectivity index (χ0) is 21.4. The highest BCUT2D eigenvalue weighted by atomic mass is 16.5. The second-order valence-electron chi connectivity index (χ2n) is 6.87. The van der Waals surface area contributed by atoms with E-state index in [9.17, 15) is 9.90 Å². The summed E-state index contributed by atoms with van der Waals surface area (Å²) in [5.74, 6) is 0.138. The van der Waals surface area contributed by atoms with Crippen molar-refractivity contribution in [3.63, 3.8) is 0 Å². The van der Waals surface area contributed by atoms with Gasteiger partial charge in [-0.2, -0.15) is 0 Å². The van der Waals surface area contributed by atoms with Gasteiger partial charge in [-0.3, -0.25) is 4.40 Å². The summed E-state index contributed by atoms with van der Waals surface area (Å²) in [7, 11) is 0. The topological polar surface area (TPSA) is 99.1 Å². The van der Waals surface area contributed by atoms with Crippen LogP contribution in [0.1, 0.15) is 6.92 Å². The van der Waals surface area contributed by atoms with Crippen molar-refractivity contribution < 1.29 is 23.8 Å². The number of benzene rings is 1. The van der Waals surface area contributed by atoms with Crippen molar-refractivity contribution in [2.75, 3.05) is 0 Å². The molecule has 0 radical (unpaired) electrons. The summed E-state index contributed by atoms with van der Waals surface area (Å²) in [6.07, 6.45) is 5.65. The Balaban J connectivity index is 1.59. The highest BCUT2D eigenvalue weighted by molar-refractivity contribution is 5.82. The van der Waals surface area contributed by atoms with E-state index in [0.29, 0.717) is 28.5 Å². The van der Waals surface area contributed by atoms with E-state index < -0.39 is 12.1 Å². The Bertz CT molecular complexity index is 1400. The van der Waals surface area contributed by atoms with Gasteiger partial charge in [0, 0.05) is 30.2 Å². The van der Waals surface area contributed by atoms with Crippen LogP contribution in [0.2, 0.25) is 0 Å². The average molecular weight is 415 g/mol. The van der Waals surface area contributed by atoms with E-state index in [1.54, 1.807) is 42.9 Å². The normalized spacial score (nSPS) is 12.2.